The molecule has 0 radical (unpaired) electrons. The van der Waals surface area contributed by atoms with Crippen LogP contribution < -0.4 is 16.1 Å². The molecule has 4 N–H and O–H groups in total. The Labute approximate surface area is 122 Å². The lowest BCUT2D eigenvalue weighted by atomic mass is 9.81. The average Bonchev–Trinajstić information content (AvgIpc) is 2.98. The fourth-order valence-electron chi connectivity index (χ4n) is 2.57. The average molecular weight is 288 g/mol. The summed E-state index contributed by atoms with van der Waals surface area (Å²) in [5.41, 5.74) is 6.46. The fourth-order valence-corrected chi connectivity index (χ4v) is 2.57. The molecule has 1 saturated heterocycles. The van der Waals surface area contributed by atoms with Crippen molar-refractivity contribution in [1.29, 1.82) is 0 Å². The van der Waals surface area contributed by atoms with Crippen LogP contribution in [-0.4, -0.2) is 39.8 Å². The topological polar surface area (TPSA) is 104 Å². The van der Waals surface area contributed by atoms with Gasteiger partial charge in [-0.3, -0.25) is 9.89 Å². The molecule has 0 aliphatic carbocycles. The second-order valence-electron chi connectivity index (χ2n) is 5.91. The van der Waals surface area contributed by atoms with E-state index in [-0.39, 0.29) is 10.8 Å². The van der Waals surface area contributed by atoms with Crippen LogP contribution in [0.25, 0.3) is 11.4 Å². The Morgan fingerprint density at radius 1 is 1.43 bits per heavy atom. The van der Waals surface area contributed by atoms with E-state index in [4.69, 9.17) is 5.73 Å². The van der Waals surface area contributed by atoms with Crippen molar-refractivity contribution < 1.29 is 0 Å². The van der Waals surface area contributed by atoms with Crippen LogP contribution in [0.5, 0.6) is 0 Å². The number of hydrogen-bond acceptors (Lipinski definition) is 5. The molecule has 0 bridgehead atoms. The molecule has 0 spiro atoms. The molecule has 3 heterocycles. The summed E-state index contributed by atoms with van der Waals surface area (Å²) in [6, 6.07) is 1.48. The Hall–Kier alpha value is -2.15. The standard InChI is InChI=1S/C14H20N6O/c1-14(9-15)3-6-20(7-4-14)13-17-12(18-19-13)10-8-16-5-2-11(10)21/h2,5,8H,3-4,6-7,9,15H2,1H3,(H,16,21)(H,17,18,19). The van der Waals surface area contributed by atoms with E-state index in [1.807, 2.05) is 0 Å². The van der Waals surface area contributed by atoms with Crippen LogP contribution in [-0.2, 0) is 0 Å². The number of aromatic nitrogens is 4. The zero-order chi connectivity index (χ0) is 14.9. The van der Waals surface area contributed by atoms with Gasteiger partial charge in [0.25, 0.3) is 0 Å². The largest absolute Gasteiger partial charge is 0.367 e. The summed E-state index contributed by atoms with van der Waals surface area (Å²) in [4.78, 5) is 21.3. The van der Waals surface area contributed by atoms with Crippen molar-refractivity contribution in [1.82, 2.24) is 20.2 Å². The number of piperidine rings is 1. The first-order chi connectivity index (χ1) is 10.1. The summed E-state index contributed by atoms with van der Waals surface area (Å²) in [5.74, 6) is 1.14. The van der Waals surface area contributed by atoms with Crippen molar-refractivity contribution in [3.8, 4) is 11.4 Å². The highest BCUT2D eigenvalue weighted by Crippen LogP contribution is 2.31. The Balaban J connectivity index is 1.78. The Kier molecular flexibility index (Phi) is 3.50. The third-order valence-electron chi connectivity index (χ3n) is 4.30. The first-order valence-electron chi connectivity index (χ1n) is 7.16. The number of H-pyrrole nitrogens is 2. The van der Waals surface area contributed by atoms with Gasteiger partial charge in [-0.15, -0.1) is 5.10 Å². The lowest BCUT2D eigenvalue weighted by Gasteiger charge is -2.38. The Bertz CT molecular complexity index is 668. The van der Waals surface area contributed by atoms with Crippen LogP contribution >= 0.6 is 0 Å². The van der Waals surface area contributed by atoms with Gasteiger partial charge in [0.05, 0.1) is 5.56 Å². The molecule has 0 amide bonds. The van der Waals surface area contributed by atoms with Gasteiger partial charge >= 0.3 is 0 Å². The summed E-state index contributed by atoms with van der Waals surface area (Å²) in [6.45, 7) is 4.70. The normalized spacial score (nSPS) is 17.9. The highest BCUT2D eigenvalue weighted by molar-refractivity contribution is 5.54. The molecule has 0 aromatic carbocycles. The first kappa shape index (κ1) is 13.8. The maximum Gasteiger partial charge on any atom is 0.245 e. The SMILES string of the molecule is CC1(CN)CCN(c2n[nH]c(-c3c[nH]ccc3=O)n2)CC1. The van der Waals surface area contributed by atoms with Gasteiger partial charge in [0.2, 0.25) is 5.95 Å². The maximum absolute atomic E-state index is 11.8. The molecular weight excluding hydrogens is 268 g/mol. The van der Waals surface area contributed by atoms with Crippen molar-refractivity contribution in [3.63, 3.8) is 0 Å². The summed E-state index contributed by atoms with van der Waals surface area (Å²) < 4.78 is 0. The highest BCUT2D eigenvalue weighted by atomic mass is 16.1. The van der Waals surface area contributed by atoms with Gasteiger partial charge in [-0.1, -0.05) is 6.92 Å². The molecule has 112 valence electrons. The maximum atomic E-state index is 11.8. The molecule has 2 aromatic heterocycles. The Morgan fingerprint density at radius 3 is 2.86 bits per heavy atom. The van der Waals surface area contributed by atoms with Crippen molar-refractivity contribution >= 4 is 5.95 Å². The lowest BCUT2D eigenvalue weighted by Crippen LogP contribution is -2.42. The van der Waals surface area contributed by atoms with Crippen molar-refractivity contribution in [2.45, 2.75) is 19.8 Å². The van der Waals surface area contributed by atoms with Crippen LogP contribution in [0.1, 0.15) is 19.8 Å². The number of hydrogen-bond donors (Lipinski definition) is 3. The number of aromatic amines is 2. The van der Waals surface area contributed by atoms with Crippen molar-refractivity contribution in [3.05, 3.63) is 28.7 Å². The molecular formula is C14H20N6O. The fraction of sp³-hybridized carbons (Fsp3) is 0.500. The summed E-state index contributed by atoms with van der Waals surface area (Å²) in [6.07, 6.45) is 5.29. The van der Waals surface area contributed by atoms with E-state index in [9.17, 15) is 4.79 Å². The second-order valence-corrected chi connectivity index (χ2v) is 5.91. The van der Waals surface area contributed by atoms with Gasteiger partial charge in [0.1, 0.15) is 0 Å². The molecule has 3 rings (SSSR count). The van der Waals surface area contributed by atoms with Crippen LogP contribution in [0.15, 0.2) is 23.3 Å². The van der Waals surface area contributed by atoms with Crippen LogP contribution in [0.2, 0.25) is 0 Å². The van der Waals surface area contributed by atoms with E-state index >= 15 is 0 Å². The number of nitrogens with two attached hydrogens (primary N) is 1. The van der Waals surface area contributed by atoms with Gasteiger partial charge in [0.15, 0.2) is 11.3 Å². The summed E-state index contributed by atoms with van der Waals surface area (Å²) >= 11 is 0. The molecule has 0 atom stereocenters. The minimum absolute atomic E-state index is 0.0780. The smallest absolute Gasteiger partial charge is 0.245 e. The number of anilines is 1. The third kappa shape index (κ3) is 2.69. The molecule has 7 heteroatoms. The van der Waals surface area contributed by atoms with Gasteiger partial charge in [-0.05, 0) is 24.8 Å². The van der Waals surface area contributed by atoms with Crippen LogP contribution in [0, 0.1) is 5.41 Å². The van der Waals surface area contributed by atoms with E-state index < -0.39 is 0 Å². The molecule has 7 nitrogen and oxygen atoms in total. The van der Waals surface area contributed by atoms with Crippen molar-refractivity contribution in [2.24, 2.45) is 11.1 Å². The second kappa shape index (κ2) is 5.33. The minimum atomic E-state index is -0.0780. The molecule has 21 heavy (non-hydrogen) atoms. The van der Waals surface area contributed by atoms with Gasteiger partial charge in [0, 0.05) is 31.5 Å². The number of pyridine rings is 1. The monoisotopic (exact) mass is 288 g/mol. The minimum Gasteiger partial charge on any atom is -0.367 e. The third-order valence-corrected chi connectivity index (χ3v) is 4.30. The molecule has 0 saturated carbocycles. The first-order valence-corrected chi connectivity index (χ1v) is 7.16. The molecule has 1 aliphatic rings. The van der Waals surface area contributed by atoms with E-state index in [1.54, 1.807) is 12.4 Å². The highest BCUT2D eigenvalue weighted by Gasteiger charge is 2.30. The molecule has 0 unspecified atom stereocenters. The lowest BCUT2D eigenvalue weighted by molar-refractivity contribution is 0.257. The quantitative estimate of drug-likeness (QED) is 0.772. The van der Waals surface area contributed by atoms with Crippen molar-refractivity contribution in [2.75, 3.05) is 24.5 Å². The summed E-state index contributed by atoms with van der Waals surface area (Å²) in [7, 11) is 0. The number of nitrogens with one attached hydrogen (secondary N) is 2. The van der Waals surface area contributed by atoms with Gasteiger partial charge < -0.3 is 15.6 Å². The summed E-state index contributed by atoms with van der Waals surface area (Å²) in [5, 5.41) is 7.08. The van der Waals surface area contributed by atoms with E-state index in [1.165, 1.54) is 6.07 Å². The van der Waals surface area contributed by atoms with E-state index in [0.717, 1.165) is 25.9 Å². The number of nitrogens with zero attached hydrogens (tertiary/aromatic N) is 3. The van der Waals surface area contributed by atoms with E-state index in [2.05, 4.69) is 32.0 Å². The predicted octanol–water partition coefficient (Wildman–Crippen LogP) is 0.725. The van der Waals surface area contributed by atoms with Gasteiger partial charge in [-0.25, -0.2) is 0 Å². The van der Waals surface area contributed by atoms with Gasteiger partial charge in [-0.2, -0.15) is 4.98 Å². The predicted molar refractivity (Wildman–Crippen MR) is 81.0 cm³/mol. The zero-order valence-corrected chi connectivity index (χ0v) is 12.1. The van der Waals surface area contributed by atoms with E-state index in [0.29, 0.717) is 23.9 Å². The van der Waals surface area contributed by atoms with Crippen LogP contribution in [0.4, 0.5) is 5.95 Å². The van der Waals surface area contributed by atoms with Crippen LogP contribution in [0.3, 0.4) is 0 Å². The number of rotatable bonds is 3. The Morgan fingerprint density at radius 2 is 2.19 bits per heavy atom. The molecule has 2 aromatic rings. The molecule has 1 aliphatic heterocycles. The molecule has 1 fully saturated rings. The zero-order valence-electron chi connectivity index (χ0n) is 12.1.